The summed E-state index contributed by atoms with van der Waals surface area (Å²) in [4.78, 5) is 25.5. The zero-order valence-electron chi connectivity index (χ0n) is 16.0. The highest BCUT2D eigenvalue weighted by Gasteiger charge is 2.36. The number of para-hydroxylation sites is 1. The summed E-state index contributed by atoms with van der Waals surface area (Å²) >= 11 is 6.01. The van der Waals surface area contributed by atoms with Crippen molar-refractivity contribution in [1.82, 2.24) is 4.57 Å². The Kier molecular flexibility index (Phi) is 4.95. The summed E-state index contributed by atoms with van der Waals surface area (Å²) in [5.74, 6) is -0.880. The number of ether oxygens (including phenoxy) is 2. The highest BCUT2D eigenvalue weighted by atomic mass is 35.5. The van der Waals surface area contributed by atoms with E-state index in [1.807, 2.05) is 0 Å². The molecule has 4 rings (SSSR count). The fourth-order valence-corrected chi connectivity index (χ4v) is 4.53. The minimum atomic E-state index is -3.70. The van der Waals surface area contributed by atoms with Gasteiger partial charge in [-0.1, -0.05) is 29.8 Å². The van der Waals surface area contributed by atoms with Gasteiger partial charge >= 0.3 is 5.97 Å². The first-order valence-corrected chi connectivity index (χ1v) is 11.1. The van der Waals surface area contributed by atoms with Crippen molar-refractivity contribution in [3.8, 4) is 5.75 Å². The number of rotatable bonds is 3. The number of hydrogen-bond acceptors (Lipinski definition) is 6. The van der Waals surface area contributed by atoms with Gasteiger partial charge in [-0.15, -0.1) is 0 Å². The molecule has 0 unspecified atom stereocenters. The van der Waals surface area contributed by atoms with Crippen LogP contribution in [0.25, 0.3) is 10.9 Å². The largest absolute Gasteiger partial charge is 0.476 e. The van der Waals surface area contributed by atoms with E-state index in [2.05, 4.69) is 0 Å². The molecule has 0 radical (unpaired) electrons. The molecule has 0 N–H and O–H groups in total. The molecule has 2 heterocycles. The van der Waals surface area contributed by atoms with Crippen LogP contribution in [-0.2, 0) is 14.8 Å². The zero-order valence-corrected chi connectivity index (χ0v) is 17.6. The lowest BCUT2D eigenvalue weighted by molar-refractivity contribution is 0.0602. The van der Waals surface area contributed by atoms with Crippen LogP contribution < -0.4 is 9.04 Å². The summed E-state index contributed by atoms with van der Waals surface area (Å²) in [6.07, 6.45) is 1.30. The van der Waals surface area contributed by atoms with Crippen LogP contribution in [0.5, 0.6) is 5.75 Å². The van der Waals surface area contributed by atoms with Gasteiger partial charge in [-0.25, -0.2) is 13.2 Å². The maximum Gasteiger partial charge on any atom is 0.340 e. The summed E-state index contributed by atoms with van der Waals surface area (Å²) in [6, 6.07) is 11.4. The molecule has 156 valence electrons. The van der Waals surface area contributed by atoms with Crippen LogP contribution in [0.1, 0.15) is 15.2 Å². The fourth-order valence-electron chi connectivity index (χ4n) is 3.46. The number of halogens is 1. The quantitative estimate of drug-likeness (QED) is 0.572. The predicted octanol–water partition coefficient (Wildman–Crippen LogP) is 2.95. The average Bonchev–Trinajstić information content (AvgIpc) is 3.11. The van der Waals surface area contributed by atoms with Gasteiger partial charge in [0, 0.05) is 16.6 Å². The minimum absolute atomic E-state index is 0.221. The van der Waals surface area contributed by atoms with Crippen LogP contribution in [-0.4, -0.2) is 50.9 Å². The molecule has 0 amide bonds. The Labute approximate surface area is 177 Å². The van der Waals surface area contributed by atoms with Crippen molar-refractivity contribution in [3.05, 3.63) is 59.2 Å². The third kappa shape index (κ3) is 3.40. The number of esters is 1. The summed E-state index contributed by atoms with van der Waals surface area (Å²) in [5, 5.41) is 0.885. The second-order valence-electron chi connectivity index (χ2n) is 6.77. The SMILES string of the molecule is COC(=O)c1cn(C(=O)[C@@H]2CN(S(C)(=O)=O)c3cc(Cl)ccc3O2)c2ccccc12. The highest BCUT2D eigenvalue weighted by molar-refractivity contribution is 7.92. The van der Waals surface area contributed by atoms with Crippen LogP contribution in [0.2, 0.25) is 5.02 Å². The first kappa shape index (κ1) is 20.2. The molecule has 8 nitrogen and oxygen atoms in total. The molecule has 0 saturated heterocycles. The standard InChI is InChI=1S/C20H17ClN2O6S/c1-28-20(25)14-10-22(15-6-4-3-5-13(14)15)19(24)18-11-23(30(2,26)27)16-9-12(21)7-8-17(16)29-18/h3-10,18H,11H2,1-2H3/t18-/m0/s1. The Balaban J connectivity index is 1.79. The third-order valence-electron chi connectivity index (χ3n) is 4.82. The Bertz CT molecular complexity index is 1280. The monoisotopic (exact) mass is 448 g/mol. The van der Waals surface area contributed by atoms with Gasteiger partial charge in [0.25, 0.3) is 5.91 Å². The normalized spacial score (nSPS) is 16.1. The lowest BCUT2D eigenvalue weighted by atomic mass is 10.2. The number of anilines is 1. The van der Waals surface area contributed by atoms with E-state index in [9.17, 15) is 18.0 Å². The molecule has 30 heavy (non-hydrogen) atoms. The van der Waals surface area contributed by atoms with Gasteiger partial charge in [-0.2, -0.15) is 0 Å². The summed E-state index contributed by atoms with van der Waals surface area (Å²) in [6.45, 7) is -0.231. The first-order valence-electron chi connectivity index (χ1n) is 8.87. The molecule has 1 atom stereocenters. The second-order valence-corrected chi connectivity index (χ2v) is 9.12. The molecule has 0 saturated carbocycles. The molecule has 1 aromatic heterocycles. The smallest absolute Gasteiger partial charge is 0.340 e. The molecule has 0 aliphatic carbocycles. The number of hydrogen-bond donors (Lipinski definition) is 0. The Morgan fingerprint density at radius 2 is 1.93 bits per heavy atom. The number of aromatic nitrogens is 1. The second kappa shape index (κ2) is 7.33. The van der Waals surface area contributed by atoms with Gasteiger partial charge in [0.2, 0.25) is 10.0 Å². The lowest BCUT2D eigenvalue weighted by Gasteiger charge is -2.34. The maximum absolute atomic E-state index is 13.3. The third-order valence-corrected chi connectivity index (χ3v) is 6.20. The van der Waals surface area contributed by atoms with E-state index >= 15 is 0 Å². The van der Waals surface area contributed by atoms with E-state index in [1.165, 1.54) is 30.0 Å². The number of benzene rings is 2. The molecular weight excluding hydrogens is 432 g/mol. The van der Waals surface area contributed by atoms with Gasteiger partial charge in [-0.05, 0) is 24.3 Å². The van der Waals surface area contributed by atoms with Crippen molar-refractivity contribution in [2.75, 3.05) is 24.2 Å². The van der Waals surface area contributed by atoms with Crippen LogP contribution in [0.3, 0.4) is 0 Å². The Morgan fingerprint density at radius 3 is 2.63 bits per heavy atom. The van der Waals surface area contributed by atoms with Gasteiger partial charge < -0.3 is 9.47 Å². The summed E-state index contributed by atoms with van der Waals surface area (Å²) in [7, 11) is -2.44. The van der Waals surface area contributed by atoms with E-state index in [4.69, 9.17) is 21.1 Å². The van der Waals surface area contributed by atoms with Crippen LogP contribution in [0.15, 0.2) is 48.7 Å². The maximum atomic E-state index is 13.3. The van der Waals surface area contributed by atoms with Gasteiger partial charge in [0.15, 0.2) is 6.10 Å². The molecule has 2 aromatic carbocycles. The minimum Gasteiger partial charge on any atom is -0.476 e. The van der Waals surface area contributed by atoms with Crippen molar-refractivity contribution in [2.45, 2.75) is 6.10 Å². The molecular formula is C20H17ClN2O6S. The van der Waals surface area contributed by atoms with Crippen LogP contribution >= 0.6 is 11.6 Å². The number of nitrogens with zero attached hydrogens (tertiary/aromatic N) is 2. The van der Waals surface area contributed by atoms with Crippen LogP contribution in [0, 0.1) is 0 Å². The van der Waals surface area contributed by atoms with E-state index in [1.54, 1.807) is 30.3 Å². The predicted molar refractivity (Wildman–Crippen MR) is 112 cm³/mol. The Morgan fingerprint density at radius 1 is 1.20 bits per heavy atom. The zero-order chi connectivity index (χ0) is 21.6. The summed E-state index contributed by atoms with van der Waals surface area (Å²) in [5.41, 5.74) is 0.977. The number of methoxy groups -OCH3 is 1. The van der Waals surface area contributed by atoms with Gasteiger partial charge in [0.1, 0.15) is 5.75 Å². The van der Waals surface area contributed by atoms with Gasteiger partial charge in [-0.3, -0.25) is 13.7 Å². The van der Waals surface area contributed by atoms with Crippen molar-refractivity contribution in [2.24, 2.45) is 0 Å². The van der Waals surface area contributed by atoms with Crippen molar-refractivity contribution >= 4 is 50.1 Å². The molecule has 10 heteroatoms. The fraction of sp³-hybridized carbons (Fsp3) is 0.200. The Hall–Kier alpha value is -3.04. The van der Waals surface area contributed by atoms with Crippen molar-refractivity contribution in [3.63, 3.8) is 0 Å². The number of carbonyl (C=O) groups is 2. The summed E-state index contributed by atoms with van der Waals surface area (Å²) < 4.78 is 37.7. The molecule has 0 fully saturated rings. The topological polar surface area (TPSA) is 94.9 Å². The van der Waals surface area contributed by atoms with Gasteiger partial charge in [0.05, 0.1) is 36.7 Å². The van der Waals surface area contributed by atoms with Crippen molar-refractivity contribution in [1.29, 1.82) is 0 Å². The number of carbonyl (C=O) groups excluding carboxylic acids is 2. The highest BCUT2D eigenvalue weighted by Crippen LogP contribution is 2.37. The van der Waals surface area contributed by atoms with Crippen molar-refractivity contribution < 1.29 is 27.5 Å². The molecule has 1 aliphatic heterocycles. The molecule has 0 spiro atoms. The molecule has 0 bridgehead atoms. The van der Waals surface area contributed by atoms with E-state index < -0.39 is 28.0 Å². The van der Waals surface area contributed by atoms with E-state index in [-0.39, 0.29) is 23.5 Å². The van der Waals surface area contributed by atoms with E-state index in [0.717, 1.165) is 10.6 Å². The number of fused-ring (bicyclic) bond motifs is 2. The lowest BCUT2D eigenvalue weighted by Crippen LogP contribution is -2.48. The molecule has 3 aromatic rings. The molecule has 1 aliphatic rings. The van der Waals surface area contributed by atoms with Crippen LogP contribution in [0.4, 0.5) is 5.69 Å². The number of sulfonamides is 1. The van der Waals surface area contributed by atoms with E-state index in [0.29, 0.717) is 15.9 Å². The first-order chi connectivity index (χ1) is 14.2. The average molecular weight is 449 g/mol.